The Kier molecular flexibility index (Phi) is 6.94. The van der Waals surface area contributed by atoms with Crippen LogP contribution in [0.4, 0.5) is 5.69 Å². The minimum Gasteiger partial charge on any atom is -0.394 e. The smallest absolute Gasteiger partial charge is 0.251 e. The fourth-order valence-corrected chi connectivity index (χ4v) is 4.38. The van der Waals surface area contributed by atoms with Gasteiger partial charge in [0.15, 0.2) is 0 Å². The Morgan fingerprint density at radius 1 is 1.07 bits per heavy atom. The molecule has 6 nitrogen and oxygen atoms in total. The van der Waals surface area contributed by atoms with Gasteiger partial charge in [0.2, 0.25) is 5.91 Å². The lowest BCUT2D eigenvalue weighted by Gasteiger charge is -2.38. The van der Waals surface area contributed by atoms with Crippen LogP contribution in [0.1, 0.15) is 55.3 Å². The number of hydrogen-bond acceptors (Lipinski definition) is 4. The highest BCUT2D eigenvalue weighted by atomic mass is 16.3. The Morgan fingerprint density at radius 2 is 1.75 bits per heavy atom. The Morgan fingerprint density at radius 3 is 2.36 bits per heavy atom. The maximum absolute atomic E-state index is 12.9. The maximum Gasteiger partial charge on any atom is 0.251 e. The Balaban J connectivity index is 1.49. The summed E-state index contributed by atoms with van der Waals surface area (Å²) in [7, 11) is 3.95. The van der Waals surface area contributed by atoms with Crippen LogP contribution in [-0.4, -0.2) is 61.2 Å². The van der Waals surface area contributed by atoms with Gasteiger partial charge >= 0.3 is 0 Å². The molecule has 1 aliphatic heterocycles. The minimum atomic E-state index is -0.0449. The van der Waals surface area contributed by atoms with Gasteiger partial charge in [0.05, 0.1) is 12.6 Å². The topological polar surface area (TPSA) is 72.9 Å². The number of nitrogens with zero attached hydrogens (tertiary/aromatic N) is 2. The highest BCUT2D eigenvalue weighted by Crippen LogP contribution is 2.29. The summed E-state index contributed by atoms with van der Waals surface area (Å²) in [5.41, 5.74) is 1.73. The molecule has 1 heterocycles. The second-order valence-corrected chi connectivity index (χ2v) is 8.33. The molecular weight excluding hydrogens is 354 g/mol. The van der Waals surface area contributed by atoms with Gasteiger partial charge in [-0.2, -0.15) is 0 Å². The number of likely N-dealkylation sites (tertiary alicyclic amines) is 1. The van der Waals surface area contributed by atoms with Crippen molar-refractivity contribution in [2.45, 2.75) is 57.0 Å². The van der Waals surface area contributed by atoms with Crippen molar-refractivity contribution in [3.8, 4) is 0 Å². The summed E-state index contributed by atoms with van der Waals surface area (Å²) in [4.78, 5) is 29.3. The Labute approximate surface area is 167 Å². The van der Waals surface area contributed by atoms with E-state index < -0.39 is 0 Å². The van der Waals surface area contributed by atoms with Gasteiger partial charge in [-0.05, 0) is 69.2 Å². The highest BCUT2D eigenvalue weighted by Gasteiger charge is 2.34. The van der Waals surface area contributed by atoms with E-state index in [0.29, 0.717) is 5.56 Å². The predicted molar refractivity (Wildman–Crippen MR) is 110 cm³/mol. The number of aliphatic hydroxyl groups excluding tert-OH is 1. The van der Waals surface area contributed by atoms with Gasteiger partial charge in [0, 0.05) is 43.9 Å². The van der Waals surface area contributed by atoms with E-state index in [4.69, 9.17) is 0 Å². The monoisotopic (exact) mass is 387 g/mol. The molecule has 1 aliphatic carbocycles. The number of hydrogen-bond donors (Lipinski definition) is 2. The average Bonchev–Trinajstić information content (AvgIpc) is 2.73. The van der Waals surface area contributed by atoms with Crippen LogP contribution in [0.2, 0.25) is 0 Å². The molecule has 28 heavy (non-hydrogen) atoms. The van der Waals surface area contributed by atoms with E-state index in [2.05, 4.69) is 5.32 Å². The van der Waals surface area contributed by atoms with E-state index in [9.17, 15) is 14.7 Å². The molecule has 3 rings (SSSR count). The van der Waals surface area contributed by atoms with Crippen molar-refractivity contribution < 1.29 is 14.7 Å². The number of amides is 2. The van der Waals surface area contributed by atoms with Gasteiger partial charge in [-0.15, -0.1) is 0 Å². The SMILES string of the molecule is CN(C)c1ccc(C(=O)NC2CCC(C(=O)N3CCCCC3CO)CC2)cc1. The fourth-order valence-electron chi connectivity index (χ4n) is 4.38. The summed E-state index contributed by atoms with van der Waals surface area (Å²) >= 11 is 0. The van der Waals surface area contributed by atoms with Crippen molar-refractivity contribution in [1.82, 2.24) is 10.2 Å². The van der Waals surface area contributed by atoms with E-state index in [1.165, 1.54) is 0 Å². The lowest BCUT2D eigenvalue weighted by Crippen LogP contribution is -2.49. The summed E-state index contributed by atoms with van der Waals surface area (Å²) in [6.45, 7) is 0.827. The van der Waals surface area contributed by atoms with Gasteiger partial charge in [-0.1, -0.05) is 0 Å². The van der Waals surface area contributed by atoms with Crippen molar-refractivity contribution >= 4 is 17.5 Å². The first-order valence-electron chi connectivity index (χ1n) is 10.5. The predicted octanol–water partition coefficient (Wildman–Crippen LogP) is 2.41. The number of piperidine rings is 1. The zero-order chi connectivity index (χ0) is 20.1. The normalized spacial score (nSPS) is 25.2. The van der Waals surface area contributed by atoms with E-state index in [0.717, 1.165) is 57.2 Å². The largest absolute Gasteiger partial charge is 0.394 e. The summed E-state index contributed by atoms with van der Waals surface area (Å²) in [5.74, 6) is 0.180. The molecule has 2 aliphatic rings. The molecule has 6 heteroatoms. The molecule has 0 bridgehead atoms. The summed E-state index contributed by atoms with van der Waals surface area (Å²) in [6.07, 6.45) is 6.28. The third-order valence-corrected chi connectivity index (χ3v) is 6.18. The molecule has 0 radical (unpaired) electrons. The quantitative estimate of drug-likeness (QED) is 0.814. The number of benzene rings is 1. The first kappa shape index (κ1) is 20.6. The zero-order valence-electron chi connectivity index (χ0n) is 17.1. The van der Waals surface area contributed by atoms with Crippen LogP contribution in [0.5, 0.6) is 0 Å². The molecule has 0 spiro atoms. The molecule has 154 valence electrons. The maximum atomic E-state index is 12.9. The zero-order valence-corrected chi connectivity index (χ0v) is 17.1. The number of anilines is 1. The van der Waals surface area contributed by atoms with Crippen LogP contribution in [-0.2, 0) is 4.79 Å². The van der Waals surface area contributed by atoms with E-state index in [1.807, 2.05) is 48.2 Å². The van der Waals surface area contributed by atoms with Crippen molar-refractivity contribution in [1.29, 1.82) is 0 Å². The fraction of sp³-hybridized carbons (Fsp3) is 0.636. The molecule has 1 aromatic carbocycles. The average molecular weight is 388 g/mol. The lowest BCUT2D eigenvalue weighted by molar-refractivity contribution is -0.141. The van der Waals surface area contributed by atoms with Gasteiger partial charge in [-0.3, -0.25) is 9.59 Å². The van der Waals surface area contributed by atoms with Crippen molar-refractivity contribution in [3.63, 3.8) is 0 Å². The number of carbonyl (C=O) groups is 2. The molecule has 2 amide bonds. The van der Waals surface area contributed by atoms with Crippen LogP contribution < -0.4 is 10.2 Å². The van der Waals surface area contributed by atoms with Gasteiger partial charge in [0.25, 0.3) is 5.91 Å². The first-order chi connectivity index (χ1) is 13.5. The standard InChI is InChI=1S/C22H33N3O3/c1-24(2)19-12-8-16(9-13-19)21(27)23-18-10-6-17(7-11-18)22(28)25-14-4-3-5-20(25)15-26/h8-9,12-13,17-18,20,26H,3-7,10-11,14-15H2,1-2H3,(H,23,27). The second-order valence-electron chi connectivity index (χ2n) is 8.33. The molecule has 1 aromatic rings. The molecule has 1 saturated carbocycles. The van der Waals surface area contributed by atoms with E-state index >= 15 is 0 Å². The first-order valence-corrected chi connectivity index (χ1v) is 10.5. The minimum absolute atomic E-state index is 0.0104. The molecule has 1 saturated heterocycles. The Bertz CT molecular complexity index is 666. The lowest BCUT2D eigenvalue weighted by atomic mass is 9.84. The number of rotatable bonds is 5. The van der Waals surface area contributed by atoms with Crippen LogP contribution in [0.15, 0.2) is 24.3 Å². The van der Waals surface area contributed by atoms with Crippen LogP contribution >= 0.6 is 0 Å². The van der Waals surface area contributed by atoms with Gasteiger partial charge in [0.1, 0.15) is 0 Å². The van der Waals surface area contributed by atoms with E-state index in [-0.39, 0.29) is 36.4 Å². The van der Waals surface area contributed by atoms with Crippen molar-refractivity contribution in [2.75, 3.05) is 32.1 Å². The third-order valence-electron chi connectivity index (χ3n) is 6.18. The van der Waals surface area contributed by atoms with Gasteiger partial charge in [-0.25, -0.2) is 0 Å². The van der Waals surface area contributed by atoms with Gasteiger partial charge < -0.3 is 20.2 Å². The van der Waals surface area contributed by atoms with Crippen molar-refractivity contribution in [2.24, 2.45) is 5.92 Å². The molecule has 0 aromatic heterocycles. The van der Waals surface area contributed by atoms with E-state index in [1.54, 1.807) is 0 Å². The molecular formula is C22H33N3O3. The number of aliphatic hydroxyl groups is 1. The summed E-state index contributed by atoms with van der Waals surface area (Å²) in [5, 5.41) is 12.7. The molecule has 1 atom stereocenters. The third kappa shape index (κ3) is 4.85. The van der Waals surface area contributed by atoms with Crippen LogP contribution in [0.25, 0.3) is 0 Å². The highest BCUT2D eigenvalue weighted by molar-refractivity contribution is 5.94. The summed E-state index contributed by atoms with van der Waals surface area (Å²) in [6, 6.07) is 7.71. The molecule has 1 unspecified atom stereocenters. The number of nitrogens with one attached hydrogen (secondary N) is 1. The van der Waals surface area contributed by atoms with Crippen LogP contribution in [0, 0.1) is 5.92 Å². The van der Waals surface area contributed by atoms with Crippen molar-refractivity contribution in [3.05, 3.63) is 29.8 Å². The second kappa shape index (κ2) is 9.41. The number of carbonyl (C=O) groups excluding carboxylic acids is 2. The molecule has 2 N–H and O–H groups in total. The molecule has 2 fully saturated rings. The Hall–Kier alpha value is -2.08. The van der Waals surface area contributed by atoms with Crippen LogP contribution in [0.3, 0.4) is 0 Å². The summed E-state index contributed by atoms with van der Waals surface area (Å²) < 4.78 is 0.